The molecule has 0 aromatic carbocycles. The molecule has 0 aromatic rings. The fraction of sp³-hybridized carbons (Fsp3) is 1.00. The maximum Gasteiger partial charge on any atom is 0.334 e. The summed E-state index contributed by atoms with van der Waals surface area (Å²) >= 11 is 0. The quantitative estimate of drug-likeness (QED) is 0.161. The van der Waals surface area contributed by atoms with Gasteiger partial charge in [-0.25, -0.2) is 0 Å². The molecule has 0 radical (unpaired) electrons. The second kappa shape index (κ2) is 16.9. The summed E-state index contributed by atoms with van der Waals surface area (Å²) in [4.78, 5) is 2.68. The van der Waals surface area contributed by atoms with Gasteiger partial charge < -0.3 is 18.3 Å². The van der Waals surface area contributed by atoms with Crippen molar-refractivity contribution >= 4 is 16.8 Å². The van der Waals surface area contributed by atoms with Crippen molar-refractivity contribution in [1.82, 2.24) is 9.47 Å². The van der Waals surface area contributed by atoms with E-state index in [1.807, 2.05) is 0 Å². The first kappa shape index (κ1) is 29.3. The van der Waals surface area contributed by atoms with Crippen LogP contribution in [0, 0.1) is 0 Å². The minimum absolute atomic E-state index is 0.775. The molecule has 4 nitrogen and oxygen atoms in total. The van der Waals surface area contributed by atoms with E-state index in [1.54, 1.807) is 0 Å². The normalized spacial score (nSPS) is 13.0. The Balaban J connectivity index is 4.94. The number of rotatable bonds is 20. The summed E-state index contributed by atoms with van der Waals surface area (Å²) in [5.74, 6) is 0. The van der Waals surface area contributed by atoms with Crippen LogP contribution in [0.2, 0.25) is 30.7 Å². The van der Waals surface area contributed by atoms with Crippen molar-refractivity contribution in [2.45, 2.75) is 105 Å². The summed E-state index contributed by atoms with van der Waals surface area (Å²) in [6.07, 6.45) is 5.03. The zero-order chi connectivity index (χ0) is 22.2. The van der Waals surface area contributed by atoms with Gasteiger partial charge in [0.05, 0.1) is 0 Å². The predicted molar refractivity (Wildman–Crippen MR) is 135 cm³/mol. The Kier molecular flexibility index (Phi) is 17.1. The van der Waals surface area contributed by atoms with Crippen molar-refractivity contribution in [2.75, 3.05) is 45.9 Å². The lowest BCUT2D eigenvalue weighted by atomic mass is 10.3. The van der Waals surface area contributed by atoms with Crippen LogP contribution in [0.25, 0.3) is 0 Å². The molecule has 6 heteroatoms. The molecule has 0 atom stereocenters. The molecule has 0 fully saturated rings. The van der Waals surface area contributed by atoms with E-state index in [2.05, 4.69) is 64.5 Å². The third kappa shape index (κ3) is 10.9. The molecule has 176 valence electrons. The van der Waals surface area contributed by atoms with Gasteiger partial charge in [-0.15, -0.1) is 0 Å². The highest BCUT2D eigenvalue weighted by atomic mass is 28.4. The number of hydrogen-bond donors (Lipinski definition) is 0. The van der Waals surface area contributed by atoms with E-state index in [0.29, 0.717) is 0 Å². The van der Waals surface area contributed by atoms with E-state index in [1.165, 1.54) is 76.5 Å². The van der Waals surface area contributed by atoms with Crippen molar-refractivity contribution < 1.29 is 8.85 Å². The summed E-state index contributed by atoms with van der Waals surface area (Å²) in [7, 11) is -3.30. The van der Waals surface area contributed by atoms with Crippen LogP contribution >= 0.6 is 0 Å². The van der Waals surface area contributed by atoms with E-state index in [0.717, 1.165) is 19.3 Å². The molecular formula is C23H54N2O2Si2. The van der Waals surface area contributed by atoms with Crippen LogP contribution in [0.15, 0.2) is 0 Å². The average Bonchev–Trinajstić information content (AvgIpc) is 2.70. The SMILES string of the molecule is CCCN(CCC)CCN(CCCC[Si](C)(OCC)OCC)[Si](CC)(CC)CC. The van der Waals surface area contributed by atoms with Crippen molar-refractivity contribution in [3.63, 3.8) is 0 Å². The lowest BCUT2D eigenvalue weighted by Crippen LogP contribution is -2.54. The van der Waals surface area contributed by atoms with Crippen LogP contribution in [0.4, 0.5) is 0 Å². The van der Waals surface area contributed by atoms with E-state index < -0.39 is 16.8 Å². The molecular weight excluding hydrogens is 392 g/mol. The second-order valence-electron chi connectivity index (χ2n) is 8.57. The van der Waals surface area contributed by atoms with Crippen LogP contribution in [0.1, 0.15) is 74.1 Å². The van der Waals surface area contributed by atoms with Gasteiger partial charge in [0, 0.05) is 26.3 Å². The molecule has 0 bridgehead atoms. The topological polar surface area (TPSA) is 24.9 Å². The summed E-state index contributed by atoms with van der Waals surface area (Å²) in [6.45, 7) is 26.2. The highest BCUT2D eigenvalue weighted by Gasteiger charge is 2.35. The molecule has 0 spiro atoms. The highest BCUT2D eigenvalue weighted by Crippen LogP contribution is 2.26. The predicted octanol–water partition coefficient (Wildman–Crippen LogP) is 6.34. The van der Waals surface area contributed by atoms with Crippen molar-refractivity contribution in [2.24, 2.45) is 0 Å². The Bertz CT molecular complexity index is 362. The molecule has 0 N–H and O–H groups in total. The summed E-state index contributed by atoms with van der Waals surface area (Å²) in [6, 6.07) is 5.27. The molecule has 0 saturated heterocycles. The number of hydrogen-bond acceptors (Lipinski definition) is 4. The van der Waals surface area contributed by atoms with Gasteiger partial charge in [-0.2, -0.15) is 0 Å². The molecule has 0 aliphatic carbocycles. The van der Waals surface area contributed by atoms with Gasteiger partial charge in [-0.1, -0.05) is 41.0 Å². The molecule has 0 rings (SSSR count). The Morgan fingerprint density at radius 2 is 1.14 bits per heavy atom. The van der Waals surface area contributed by atoms with Gasteiger partial charge in [0.2, 0.25) is 0 Å². The molecule has 0 unspecified atom stereocenters. The summed E-state index contributed by atoms with van der Waals surface area (Å²) in [5, 5.41) is 0. The van der Waals surface area contributed by atoms with Gasteiger partial charge in [-0.3, -0.25) is 0 Å². The highest BCUT2D eigenvalue weighted by molar-refractivity contribution is 6.77. The maximum absolute atomic E-state index is 6.05. The van der Waals surface area contributed by atoms with Gasteiger partial charge in [-0.05, 0) is 83.5 Å². The average molecular weight is 447 g/mol. The Hall–Kier alpha value is 0.274. The van der Waals surface area contributed by atoms with Crippen LogP contribution in [0.5, 0.6) is 0 Å². The Labute approximate surface area is 186 Å². The fourth-order valence-electron chi connectivity index (χ4n) is 4.78. The molecule has 0 amide bonds. The fourth-order valence-corrected chi connectivity index (χ4v) is 11.3. The smallest absolute Gasteiger partial charge is 0.334 e. The summed E-state index contributed by atoms with van der Waals surface area (Å²) in [5.41, 5.74) is 0. The van der Waals surface area contributed by atoms with Gasteiger partial charge in [0.1, 0.15) is 8.24 Å². The van der Waals surface area contributed by atoms with Crippen LogP contribution in [-0.4, -0.2) is 72.2 Å². The second-order valence-corrected chi connectivity index (χ2v) is 17.1. The van der Waals surface area contributed by atoms with Gasteiger partial charge in [0.15, 0.2) is 0 Å². The molecule has 29 heavy (non-hydrogen) atoms. The third-order valence-corrected chi connectivity index (χ3v) is 15.4. The third-order valence-electron chi connectivity index (χ3n) is 6.62. The molecule has 0 aliphatic rings. The van der Waals surface area contributed by atoms with E-state index >= 15 is 0 Å². The monoisotopic (exact) mass is 446 g/mol. The zero-order valence-corrected chi connectivity index (χ0v) is 23.3. The molecule has 0 aliphatic heterocycles. The van der Waals surface area contributed by atoms with Crippen molar-refractivity contribution in [3.05, 3.63) is 0 Å². The standard InChI is InChI=1S/C23H54N2O2Si2/c1-9-18-24(19-10-2)21-22-25(29(13-5,14-6)15-7)20-16-17-23-28(8,26-11-3)27-12-4/h9-23H2,1-8H3. The van der Waals surface area contributed by atoms with Crippen LogP contribution in [-0.2, 0) is 8.85 Å². The number of nitrogens with zero attached hydrogens (tertiary/aromatic N) is 2. The lowest BCUT2D eigenvalue weighted by molar-refractivity contribution is 0.187. The van der Waals surface area contributed by atoms with Crippen molar-refractivity contribution in [1.29, 1.82) is 0 Å². The van der Waals surface area contributed by atoms with Crippen LogP contribution < -0.4 is 0 Å². The molecule has 0 aromatic heterocycles. The van der Waals surface area contributed by atoms with Crippen LogP contribution in [0.3, 0.4) is 0 Å². The molecule has 0 saturated carbocycles. The maximum atomic E-state index is 6.05. The van der Waals surface area contributed by atoms with E-state index in [9.17, 15) is 0 Å². The first-order chi connectivity index (χ1) is 13.9. The minimum Gasteiger partial charge on any atom is -0.395 e. The number of unbranched alkanes of at least 4 members (excludes halogenated alkanes) is 1. The summed E-state index contributed by atoms with van der Waals surface area (Å²) < 4.78 is 15.1. The largest absolute Gasteiger partial charge is 0.395 e. The van der Waals surface area contributed by atoms with E-state index in [-0.39, 0.29) is 0 Å². The lowest BCUT2D eigenvalue weighted by Gasteiger charge is -2.42. The van der Waals surface area contributed by atoms with Gasteiger partial charge in [0.25, 0.3) is 0 Å². The minimum atomic E-state index is -1.97. The Morgan fingerprint density at radius 1 is 0.621 bits per heavy atom. The van der Waals surface area contributed by atoms with E-state index in [4.69, 9.17) is 8.85 Å². The molecule has 0 heterocycles. The first-order valence-corrected chi connectivity index (χ1v) is 17.7. The Morgan fingerprint density at radius 3 is 1.55 bits per heavy atom. The van der Waals surface area contributed by atoms with Crippen molar-refractivity contribution in [3.8, 4) is 0 Å². The first-order valence-electron chi connectivity index (χ1n) is 12.7. The zero-order valence-electron chi connectivity index (χ0n) is 21.3. The van der Waals surface area contributed by atoms with Gasteiger partial charge >= 0.3 is 8.56 Å².